The van der Waals surface area contributed by atoms with Crippen molar-refractivity contribution < 1.29 is 28.4 Å². The Hall–Kier alpha value is -3.66. The lowest BCUT2D eigenvalue weighted by Gasteiger charge is -2.28. The largest absolute Gasteiger partial charge is 0.495 e. The van der Waals surface area contributed by atoms with Crippen molar-refractivity contribution >= 4 is 29.0 Å². The number of Topliss-reactive ketones (excluding diaryl/α,β-unsaturated/α-hetero) is 1. The Morgan fingerprint density at radius 1 is 1.12 bits per heavy atom. The van der Waals surface area contributed by atoms with Gasteiger partial charge in [0.25, 0.3) is 5.69 Å². The number of anilines is 1. The Morgan fingerprint density at radius 3 is 2.48 bits per heavy atom. The van der Waals surface area contributed by atoms with Gasteiger partial charge >= 0.3 is 0 Å². The number of benzene rings is 2. The van der Waals surface area contributed by atoms with Gasteiger partial charge in [-0.25, -0.2) is 9.29 Å². The molecule has 5 rings (SSSR count). The lowest BCUT2D eigenvalue weighted by atomic mass is 9.85. The molecular weight excluding hydrogens is 433 g/mol. The SMILES string of the molecule is COc1ccc([N+](=O)[O-])cc1N1C(=O)[C@@H]2[C@H](C1=O)[C@@H]1CCCN1[C@@H]2C(=O)c1ccc(F)cc1. The molecule has 0 aromatic heterocycles. The molecule has 0 bridgehead atoms. The van der Waals surface area contributed by atoms with Gasteiger partial charge in [0.2, 0.25) is 11.8 Å². The number of hydrogen-bond acceptors (Lipinski definition) is 7. The molecule has 9 nitrogen and oxygen atoms in total. The third-order valence-corrected chi connectivity index (χ3v) is 6.86. The maximum absolute atomic E-state index is 13.6. The van der Waals surface area contributed by atoms with E-state index in [0.717, 1.165) is 17.4 Å². The first kappa shape index (κ1) is 21.2. The number of imide groups is 1. The van der Waals surface area contributed by atoms with Crippen LogP contribution in [0.5, 0.6) is 5.75 Å². The maximum atomic E-state index is 13.6. The highest BCUT2D eigenvalue weighted by Crippen LogP contribution is 2.50. The van der Waals surface area contributed by atoms with E-state index in [0.29, 0.717) is 13.0 Å². The standard InChI is InChI=1S/C23H20FN3O6/c1-33-17-9-8-14(27(31)32)11-16(17)26-22(29)18-15-3-2-10-25(15)20(19(18)23(26)30)21(28)12-4-6-13(24)7-5-12/h4-9,11,15,18-20H,2-3,10H2,1H3/t15-,18+,19+,20-/m0/s1. The van der Waals surface area contributed by atoms with Gasteiger partial charge in [0, 0.05) is 23.7 Å². The minimum absolute atomic E-state index is 0.00590. The summed E-state index contributed by atoms with van der Waals surface area (Å²) in [6.45, 7) is 0.579. The molecule has 33 heavy (non-hydrogen) atoms. The van der Waals surface area contributed by atoms with Crippen molar-refractivity contribution in [1.82, 2.24) is 4.90 Å². The number of nitrogens with zero attached hydrogens (tertiary/aromatic N) is 3. The average Bonchev–Trinajstić information content (AvgIpc) is 3.45. The molecule has 3 heterocycles. The second kappa shape index (κ2) is 7.73. The van der Waals surface area contributed by atoms with Crippen LogP contribution in [0.1, 0.15) is 23.2 Å². The van der Waals surface area contributed by atoms with Crippen LogP contribution in [0.4, 0.5) is 15.8 Å². The molecule has 3 aliphatic rings. The van der Waals surface area contributed by atoms with Crippen LogP contribution in [0.3, 0.4) is 0 Å². The first-order chi connectivity index (χ1) is 15.8. The average molecular weight is 453 g/mol. The van der Waals surface area contributed by atoms with Gasteiger partial charge in [-0.3, -0.25) is 29.4 Å². The summed E-state index contributed by atoms with van der Waals surface area (Å²) in [4.78, 5) is 54.1. The van der Waals surface area contributed by atoms with Crippen molar-refractivity contribution in [3.63, 3.8) is 0 Å². The van der Waals surface area contributed by atoms with Gasteiger partial charge in [-0.15, -0.1) is 0 Å². The fourth-order valence-electron chi connectivity index (χ4n) is 5.50. The van der Waals surface area contributed by atoms with Crippen LogP contribution in [0.25, 0.3) is 0 Å². The summed E-state index contributed by atoms with van der Waals surface area (Å²) in [6.07, 6.45) is 1.44. The molecule has 0 spiro atoms. The molecule has 3 aliphatic heterocycles. The molecule has 0 unspecified atom stereocenters. The van der Waals surface area contributed by atoms with Crippen LogP contribution in [0.15, 0.2) is 42.5 Å². The topological polar surface area (TPSA) is 110 Å². The second-order valence-electron chi connectivity index (χ2n) is 8.44. The Morgan fingerprint density at radius 2 is 1.82 bits per heavy atom. The van der Waals surface area contributed by atoms with Gasteiger partial charge in [-0.05, 0) is 49.7 Å². The number of hydrogen-bond donors (Lipinski definition) is 0. The quantitative estimate of drug-likeness (QED) is 0.296. The van der Waals surface area contributed by atoms with Gasteiger partial charge < -0.3 is 4.74 Å². The molecule has 0 radical (unpaired) electrons. The number of methoxy groups -OCH3 is 1. The number of carbonyl (C=O) groups is 3. The van der Waals surface area contributed by atoms with Crippen molar-refractivity contribution in [2.75, 3.05) is 18.6 Å². The zero-order valence-electron chi connectivity index (χ0n) is 17.6. The fourth-order valence-corrected chi connectivity index (χ4v) is 5.50. The molecule has 2 amide bonds. The zero-order chi connectivity index (χ0) is 23.4. The van der Waals surface area contributed by atoms with Crippen molar-refractivity contribution in [1.29, 1.82) is 0 Å². The number of nitro groups is 1. The number of non-ortho nitro benzene ring substituents is 1. The molecule has 0 saturated carbocycles. The number of ketones is 1. The van der Waals surface area contributed by atoms with E-state index in [4.69, 9.17) is 4.74 Å². The zero-order valence-corrected chi connectivity index (χ0v) is 17.6. The number of fused-ring (bicyclic) bond motifs is 3. The summed E-state index contributed by atoms with van der Waals surface area (Å²) in [5.74, 6) is -3.42. The molecule has 0 N–H and O–H groups in total. The van der Waals surface area contributed by atoms with Crippen LogP contribution < -0.4 is 9.64 Å². The lowest BCUT2D eigenvalue weighted by Crippen LogP contribution is -2.46. The number of amides is 2. The predicted octanol–water partition coefficient (Wildman–Crippen LogP) is 2.58. The van der Waals surface area contributed by atoms with E-state index in [1.54, 1.807) is 0 Å². The summed E-state index contributed by atoms with van der Waals surface area (Å²) in [7, 11) is 1.34. The van der Waals surface area contributed by atoms with Crippen molar-refractivity contribution in [3.05, 3.63) is 64.0 Å². The van der Waals surface area contributed by atoms with Crippen LogP contribution >= 0.6 is 0 Å². The predicted molar refractivity (Wildman–Crippen MR) is 113 cm³/mol. The third kappa shape index (κ3) is 3.12. The molecule has 3 saturated heterocycles. The first-order valence-electron chi connectivity index (χ1n) is 10.6. The molecule has 2 aromatic carbocycles. The van der Waals surface area contributed by atoms with Crippen molar-refractivity contribution in [2.45, 2.75) is 24.9 Å². The normalized spacial score (nSPS) is 26.4. The minimum atomic E-state index is -0.927. The summed E-state index contributed by atoms with van der Waals surface area (Å²) < 4.78 is 18.7. The Kier molecular flexibility index (Phi) is 4.97. The van der Waals surface area contributed by atoms with Gasteiger partial charge in [-0.2, -0.15) is 0 Å². The summed E-state index contributed by atoms with van der Waals surface area (Å²) >= 11 is 0. The Bertz CT molecular complexity index is 1180. The Balaban J connectivity index is 1.58. The molecule has 170 valence electrons. The first-order valence-corrected chi connectivity index (χ1v) is 10.6. The highest BCUT2D eigenvalue weighted by Gasteiger charge is 2.65. The van der Waals surface area contributed by atoms with E-state index in [1.807, 2.05) is 4.90 Å². The fraction of sp³-hybridized carbons (Fsp3) is 0.348. The monoisotopic (exact) mass is 453 g/mol. The number of ether oxygens (including phenoxy) is 1. The molecule has 2 aromatic rings. The minimum Gasteiger partial charge on any atom is -0.495 e. The van der Waals surface area contributed by atoms with E-state index >= 15 is 0 Å². The second-order valence-corrected chi connectivity index (χ2v) is 8.44. The number of halogens is 1. The number of nitro benzene ring substituents is 1. The summed E-state index contributed by atoms with van der Waals surface area (Å²) in [5.41, 5.74) is -0.0298. The highest BCUT2D eigenvalue weighted by atomic mass is 19.1. The smallest absolute Gasteiger partial charge is 0.271 e. The van der Waals surface area contributed by atoms with E-state index in [-0.39, 0.29) is 34.5 Å². The van der Waals surface area contributed by atoms with E-state index < -0.39 is 40.4 Å². The van der Waals surface area contributed by atoms with Crippen LogP contribution in [-0.4, -0.2) is 53.2 Å². The molecule has 4 atom stereocenters. The van der Waals surface area contributed by atoms with E-state index in [1.165, 1.54) is 43.5 Å². The number of carbonyl (C=O) groups excluding carboxylic acids is 3. The van der Waals surface area contributed by atoms with Crippen LogP contribution in [0.2, 0.25) is 0 Å². The van der Waals surface area contributed by atoms with E-state index in [2.05, 4.69) is 0 Å². The summed E-state index contributed by atoms with van der Waals surface area (Å²) in [6, 6.07) is 7.68. The third-order valence-electron chi connectivity index (χ3n) is 6.86. The van der Waals surface area contributed by atoms with Gasteiger partial charge in [0.15, 0.2) is 5.78 Å². The highest BCUT2D eigenvalue weighted by molar-refractivity contribution is 6.25. The molecule has 0 aliphatic carbocycles. The van der Waals surface area contributed by atoms with Crippen molar-refractivity contribution in [3.8, 4) is 5.75 Å². The Labute approximate surface area is 187 Å². The van der Waals surface area contributed by atoms with Crippen LogP contribution in [-0.2, 0) is 9.59 Å². The number of rotatable bonds is 5. The van der Waals surface area contributed by atoms with Gasteiger partial charge in [-0.1, -0.05) is 0 Å². The van der Waals surface area contributed by atoms with Crippen LogP contribution in [0, 0.1) is 27.8 Å². The van der Waals surface area contributed by atoms with Crippen molar-refractivity contribution in [2.24, 2.45) is 11.8 Å². The maximum Gasteiger partial charge on any atom is 0.271 e. The van der Waals surface area contributed by atoms with E-state index in [9.17, 15) is 28.9 Å². The van der Waals surface area contributed by atoms with Gasteiger partial charge in [0.1, 0.15) is 17.3 Å². The lowest BCUT2D eigenvalue weighted by molar-refractivity contribution is -0.384. The van der Waals surface area contributed by atoms with Gasteiger partial charge in [0.05, 0.1) is 29.9 Å². The molecule has 3 fully saturated rings. The molecule has 10 heteroatoms. The molecular formula is C23H20FN3O6. The summed E-state index contributed by atoms with van der Waals surface area (Å²) in [5, 5.41) is 11.3.